The lowest BCUT2D eigenvalue weighted by atomic mass is 10.1. The Labute approximate surface area is 122 Å². The molecule has 1 aromatic rings. The van der Waals surface area contributed by atoms with Gasteiger partial charge in [-0.05, 0) is 36.6 Å². The number of hydrogen-bond donors (Lipinski definition) is 2. The molecule has 1 saturated heterocycles. The summed E-state index contributed by atoms with van der Waals surface area (Å²) in [6.07, 6.45) is 1.44. The predicted octanol–water partition coefficient (Wildman–Crippen LogP) is -0.498. The van der Waals surface area contributed by atoms with Gasteiger partial charge in [-0.25, -0.2) is 13.6 Å². The SMILES string of the molecule is NS(=O)(=O)c1ccc2c(c1)CCN2C(=O)[C@H]1CCC(=O)N1. The highest BCUT2D eigenvalue weighted by molar-refractivity contribution is 7.89. The first kappa shape index (κ1) is 14.0. The van der Waals surface area contributed by atoms with E-state index < -0.39 is 16.1 Å². The van der Waals surface area contributed by atoms with Crippen LogP contribution in [0.15, 0.2) is 23.1 Å². The average molecular weight is 309 g/mol. The summed E-state index contributed by atoms with van der Waals surface area (Å²) >= 11 is 0. The summed E-state index contributed by atoms with van der Waals surface area (Å²) in [5.74, 6) is -0.264. The summed E-state index contributed by atoms with van der Waals surface area (Å²) in [4.78, 5) is 25.3. The van der Waals surface area contributed by atoms with Gasteiger partial charge in [0.05, 0.1) is 4.90 Å². The Balaban J connectivity index is 1.87. The fourth-order valence-electron chi connectivity index (χ4n) is 2.77. The van der Waals surface area contributed by atoms with Crippen LogP contribution >= 0.6 is 0 Å². The van der Waals surface area contributed by atoms with Crippen LogP contribution in [0.5, 0.6) is 0 Å². The minimum Gasteiger partial charge on any atom is -0.344 e. The molecule has 0 unspecified atom stereocenters. The third-order valence-corrected chi connectivity index (χ3v) is 4.75. The Morgan fingerprint density at radius 2 is 2.10 bits per heavy atom. The molecule has 0 aromatic heterocycles. The first-order chi connectivity index (χ1) is 9.86. The highest BCUT2D eigenvalue weighted by Gasteiger charge is 2.34. The minimum absolute atomic E-state index is 0.0460. The van der Waals surface area contributed by atoms with Gasteiger partial charge in [-0.15, -0.1) is 0 Å². The van der Waals surface area contributed by atoms with Gasteiger partial charge < -0.3 is 10.2 Å². The molecule has 1 atom stereocenters. The van der Waals surface area contributed by atoms with Gasteiger partial charge >= 0.3 is 0 Å². The van der Waals surface area contributed by atoms with Gasteiger partial charge in [-0.3, -0.25) is 9.59 Å². The number of hydrogen-bond acceptors (Lipinski definition) is 4. The molecule has 2 amide bonds. The molecule has 3 rings (SSSR count). The van der Waals surface area contributed by atoms with Crippen molar-refractivity contribution in [1.29, 1.82) is 0 Å². The van der Waals surface area contributed by atoms with Crippen LogP contribution in [0.25, 0.3) is 0 Å². The molecular weight excluding hydrogens is 294 g/mol. The largest absolute Gasteiger partial charge is 0.344 e. The first-order valence-corrected chi connectivity index (χ1v) is 8.17. The molecule has 2 aliphatic rings. The van der Waals surface area contributed by atoms with Crippen molar-refractivity contribution in [1.82, 2.24) is 5.32 Å². The first-order valence-electron chi connectivity index (χ1n) is 6.63. The smallest absolute Gasteiger partial charge is 0.249 e. The summed E-state index contributed by atoms with van der Waals surface area (Å²) in [6.45, 7) is 0.481. The Bertz CT molecular complexity index is 729. The normalized spacial score (nSPS) is 21.3. The fraction of sp³-hybridized carbons (Fsp3) is 0.385. The van der Waals surface area contributed by atoms with Crippen LogP contribution in [0.1, 0.15) is 18.4 Å². The number of benzene rings is 1. The van der Waals surface area contributed by atoms with Crippen LogP contribution in [0.2, 0.25) is 0 Å². The van der Waals surface area contributed by atoms with Gasteiger partial charge in [0.1, 0.15) is 6.04 Å². The second-order valence-electron chi connectivity index (χ2n) is 5.23. The minimum atomic E-state index is -3.75. The van der Waals surface area contributed by atoms with E-state index in [0.717, 1.165) is 5.56 Å². The molecule has 0 radical (unpaired) electrons. The van der Waals surface area contributed by atoms with Crippen LogP contribution in [0, 0.1) is 0 Å². The topological polar surface area (TPSA) is 110 Å². The van der Waals surface area contributed by atoms with Crippen LogP contribution < -0.4 is 15.4 Å². The van der Waals surface area contributed by atoms with Crippen molar-refractivity contribution in [2.75, 3.05) is 11.4 Å². The van der Waals surface area contributed by atoms with Crippen LogP contribution in [0.4, 0.5) is 5.69 Å². The predicted molar refractivity (Wildman–Crippen MR) is 75.0 cm³/mol. The van der Waals surface area contributed by atoms with Gasteiger partial charge in [0, 0.05) is 18.7 Å². The number of sulfonamides is 1. The van der Waals surface area contributed by atoms with E-state index in [0.29, 0.717) is 31.5 Å². The van der Waals surface area contributed by atoms with E-state index >= 15 is 0 Å². The number of nitrogens with two attached hydrogens (primary N) is 1. The maximum Gasteiger partial charge on any atom is 0.249 e. The van der Waals surface area contributed by atoms with Crippen LogP contribution in [-0.4, -0.2) is 32.8 Å². The monoisotopic (exact) mass is 309 g/mol. The lowest BCUT2D eigenvalue weighted by Crippen LogP contribution is -2.43. The molecule has 21 heavy (non-hydrogen) atoms. The Hall–Kier alpha value is -1.93. The fourth-order valence-corrected chi connectivity index (χ4v) is 3.34. The van der Waals surface area contributed by atoms with Crippen molar-refractivity contribution in [3.63, 3.8) is 0 Å². The lowest BCUT2D eigenvalue weighted by molar-refractivity contribution is -0.124. The lowest BCUT2D eigenvalue weighted by Gasteiger charge is -2.21. The van der Waals surface area contributed by atoms with E-state index in [1.807, 2.05) is 0 Å². The Morgan fingerprint density at radius 3 is 2.71 bits per heavy atom. The van der Waals surface area contributed by atoms with E-state index in [-0.39, 0.29) is 16.7 Å². The van der Waals surface area contributed by atoms with Crippen molar-refractivity contribution in [3.8, 4) is 0 Å². The van der Waals surface area contributed by atoms with Crippen molar-refractivity contribution < 1.29 is 18.0 Å². The Morgan fingerprint density at radius 1 is 1.33 bits per heavy atom. The van der Waals surface area contributed by atoms with E-state index in [4.69, 9.17) is 5.14 Å². The summed E-state index contributed by atoms with van der Waals surface area (Å²) in [6, 6.07) is 4.01. The maximum atomic E-state index is 12.4. The van der Waals surface area contributed by atoms with Gasteiger partial charge in [0.25, 0.3) is 0 Å². The average Bonchev–Trinajstić information content (AvgIpc) is 3.02. The van der Waals surface area contributed by atoms with E-state index in [1.54, 1.807) is 11.0 Å². The van der Waals surface area contributed by atoms with Crippen molar-refractivity contribution >= 4 is 27.5 Å². The number of nitrogens with one attached hydrogen (secondary N) is 1. The molecule has 0 spiro atoms. The Kier molecular flexibility index (Phi) is 3.22. The van der Waals surface area contributed by atoms with E-state index in [1.165, 1.54) is 12.1 Å². The maximum absolute atomic E-state index is 12.4. The highest BCUT2D eigenvalue weighted by atomic mass is 32.2. The number of rotatable bonds is 2. The zero-order valence-corrected chi connectivity index (χ0v) is 12.0. The van der Waals surface area contributed by atoms with Crippen molar-refractivity contribution in [2.24, 2.45) is 5.14 Å². The standard InChI is InChI=1S/C13H15N3O4S/c14-21(19,20)9-1-3-11-8(7-9)5-6-16(11)13(18)10-2-4-12(17)15-10/h1,3,7,10H,2,4-6H2,(H,15,17)(H2,14,19,20)/t10-/m1/s1. The third kappa shape index (κ3) is 2.52. The van der Waals surface area contributed by atoms with Crippen LogP contribution in [-0.2, 0) is 26.0 Å². The van der Waals surface area contributed by atoms with Gasteiger partial charge in [0.15, 0.2) is 0 Å². The molecule has 0 saturated carbocycles. The molecule has 1 fully saturated rings. The molecular formula is C13H15N3O4S. The summed E-state index contributed by atoms with van der Waals surface area (Å²) in [5.41, 5.74) is 1.47. The zero-order valence-electron chi connectivity index (χ0n) is 11.2. The quantitative estimate of drug-likeness (QED) is 0.767. The number of primary sulfonamides is 1. The highest BCUT2D eigenvalue weighted by Crippen LogP contribution is 2.31. The van der Waals surface area contributed by atoms with E-state index in [9.17, 15) is 18.0 Å². The van der Waals surface area contributed by atoms with Crippen molar-refractivity contribution in [2.45, 2.75) is 30.2 Å². The summed E-state index contributed by atoms with van der Waals surface area (Å²) < 4.78 is 22.7. The molecule has 7 nitrogen and oxygen atoms in total. The second kappa shape index (κ2) is 4.81. The molecule has 2 aliphatic heterocycles. The number of amides is 2. The van der Waals surface area contributed by atoms with Gasteiger partial charge in [0.2, 0.25) is 21.8 Å². The van der Waals surface area contributed by atoms with Crippen molar-refractivity contribution in [3.05, 3.63) is 23.8 Å². The second-order valence-corrected chi connectivity index (χ2v) is 6.80. The molecule has 2 heterocycles. The third-order valence-electron chi connectivity index (χ3n) is 3.83. The van der Waals surface area contributed by atoms with Crippen LogP contribution in [0.3, 0.4) is 0 Å². The number of carbonyl (C=O) groups excluding carboxylic acids is 2. The molecule has 112 valence electrons. The molecule has 8 heteroatoms. The number of nitrogens with zero attached hydrogens (tertiary/aromatic N) is 1. The van der Waals surface area contributed by atoms with Gasteiger partial charge in [-0.1, -0.05) is 0 Å². The number of fused-ring (bicyclic) bond motifs is 1. The molecule has 3 N–H and O–H groups in total. The van der Waals surface area contributed by atoms with E-state index in [2.05, 4.69) is 5.32 Å². The number of anilines is 1. The summed E-state index contributed by atoms with van der Waals surface area (Å²) in [5, 5.41) is 7.76. The van der Waals surface area contributed by atoms with Gasteiger partial charge in [-0.2, -0.15) is 0 Å². The molecule has 1 aromatic carbocycles. The molecule has 0 aliphatic carbocycles. The number of carbonyl (C=O) groups is 2. The summed E-state index contributed by atoms with van der Waals surface area (Å²) in [7, 11) is -3.75. The molecule has 0 bridgehead atoms. The zero-order chi connectivity index (χ0) is 15.2.